The minimum Gasteiger partial charge on any atom is -0.481 e. The highest BCUT2D eigenvalue weighted by Gasteiger charge is 2.65. The number of aliphatic hydroxyl groups is 3. The van der Waals surface area contributed by atoms with Crippen LogP contribution in [-0.2, 0) is 4.79 Å². The van der Waals surface area contributed by atoms with Gasteiger partial charge in [0.2, 0.25) is 0 Å². The van der Waals surface area contributed by atoms with E-state index in [2.05, 4.69) is 10.0 Å². The molecule has 1 aliphatic carbocycles. The molecule has 1 unspecified atom stereocenters. The van der Waals surface area contributed by atoms with Crippen LogP contribution in [0, 0.1) is 5.92 Å². The molecule has 0 bridgehead atoms. The molecule has 1 aliphatic heterocycles. The molecule has 2 rings (SSSR count). The summed E-state index contributed by atoms with van der Waals surface area (Å²) in [6.07, 6.45) is 1.97. The van der Waals surface area contributed by atoms with Crippen molar-refractivity contribution in [3.8, 4) is 0 Å². The molecule has 2 aliphatic rings. The molecule has 24 heavy (non-hydrogen) atoms. The van der Waals surface area contributed by atoms with Crippen LogP contribution in [0.25, 0.3) is 10.4 Å². The van der Waals surface area contributed by atoms with Gasteiger partial charge in [-0.1, -0.05) is 30.8 Å². The van der Waals surface area contributed by atoms with E-state index in [1.165, 1.54) is 0 Å². The molecule has 0 aromatic carbocycles. The van der Waals surface area contributed by atoms with Crippen LogP contribution in [0.3, 0.4) is 0 Å². The number of hydrogen-bond donors (Lipinski definition) is 4. The summed E-state index contributed by atoms with van der Waals surface area (Å²) >= 11 is 0. The Kier molecular flexibility index (Phi) is 6.82. The predicted molar refractivity (Wildman–Crippen MR) is 85.1 cm³/mol. The molecule has 2 fully saturated rings. The second-order valence-corrected chi connectivity index (χ2v) is 6.63. The third kappa shape index (κ3) is 4.17. The van der Waals surface area contributed by atoms with Crippen molar-refractivity contribution in [1.29, 1.82) is 0 Å². The van der Waals surface area contributed by atoms with Gasteiger partial charge in [-0.2, -0.15) is 0 Å². The summed E-state index contributed by atoms with van der Waals surface area (Å²) in [4.78, 5) is 15.9. The van der Waals surface area contributed by atoms with Gasteiger partial charge in [0.25, 0.3) is 0 Å². The fourth-order valence-electron chi connectivity index (χ4n) is 3.77. The average Bonchev–Trinajstić information content (AvgIpc) is 3.24. The first kappa shape index (κ1) is 19.0. The zero-order valence-electron chi connectivity index (χ0n) is 13.6. The fourth-order valence-corrected chi connectivity index (χ4v) is 3.77. The molecule has 9 nitrogen and oxygen atoms in total. The van der Waals surface area contributed by atoms with E-state index in [0.717, 1.165) is 38.5 Å². The quantitative estimate of drug-likeness (QED) is 0.149. The summed E-state index contributed by atoms with van der Waals surface area (Å²) in [5.41, 5.74) is 8.16. The predicted octanol–water partition coefficient (Wildman–Crippen LogP) is 0.487. The van der Waals surface area contributed by atoms with E-state index in [0.29, 0.717) is 13.1 Å². The van der Waals surface area contributed by atoms with E-state index >= 15 is 0 Å². The molecule has 0 aromatic rings. The summed E-state index contributed by atoms with van der Waals surface area (Å²) in [7, 11) is 0. The molecule has 1 saturated heterocycles. The minimum atomic E-state index is -1.43. The van der Waals surface area contributed by atoms with E-state index in [9.17, 15) is 25.2 Å². The molecule has 7 atom stereocenters. The van der Waals surface area contributed by atoms with E-state index in [4.69, 9.17) is 5.53 Å². The van der Waals surface area contributed by atoms with Crippen LogP contribution in [0.15, 0.2) is 5.11 Å². The summed E-state index contributed by atoms with van der Waals surface area (Å²) in [6, 6.07) is -0.756. The van der Waals surface area contributed by atoms with Gasteiger partial charge in [0, 0.05) is 17.5 Å². The Labute approximate surface area is 140 Å². The third-order valence-corrected chi connectivity index (χ3v) is 5.08. The monoisotopic (exact) mass is 342 g/mol. The lowest BCUT2D eigenvalue weighted by Crippen LogP contribution is -2.53. The van der Waals surface area contributed by atoms with Gasteiger partial charge in [-0.25, -0.2) is 0 Å². The Bertz CT molecular complexity index is 484. The first-order chi connectivity index (χ1) is 11.5. The lowest BCUT2D eigenvalue weighted by atomic mass is 9.83. The SMILES string of the molecule is [N-]=[N+]=NCCCCCCCCN1[C@@H]2[C@H](C(=O)O)[C@@H](O)[C@H](O)[C@@H](O)[C@@H]21. The highest BCUT2D eigenvalue weighted by atomic mass is 16.4. The number of azide groups is 1. The summed E-state index contributed by atoms with van der Waals surface area (Å²) in [6.45, 7) is 1.20. The van der Waals surface area contributed by atoms with Gasteiger partial charge in [0.05, 0.1) is 18.2 Å². The number of likely N-dealkylation sites (tertiary alicyclic amines) is 1. The standard InChI is InChI=1S/C15H26N4O5/c16-18-17-7-5-3-1-2-4-6-8-19-10-9(15(23)24)12(20)14(22)13(21)11(10)19/h9-14,20-22H,1-8H2,(H,23,24)/t9-,10+,11+,12+,13-,14-,19?/m0/s1. The molecular weight excluding hydrogens is 316 g/mol. The number of rotatable bonds is 10. The summed E-state index contributed by atoms with van der Waals surface area (Å²) < 4.78 is 0. The van der Waals surface area contributed by atoms with Crippen LogP contribution in [0.5, 0.6) is 0 Å². The maximum atomic E-state index is 11.3. The number of carboxylic acids is 1. The van der Waals surface area contributed by atoms with Gasteiger partial charge >= 0.3 is 5.97 Å². The van der Waals surface area contributed by atoms with E-state index in [1.54, 1.807) is 0 Å². The smallest absolute Gasteiger partial charge is 0.310 e. The zero-order valence-corrected chi connectivity index (χ0v) is 13.6. The van der Waals surface area contributed by atoms with Gasteiger partial charge < -0.3 is 20.4 Å². The van der Waals surface area contributed by atoms with Crippen LogP contribution in [0.1, 0.15) is 38.5 Å². The number of nitrogens with zero attached hydrogens (tertiary/aromatic N) is 4. The normalized spacial score (nSPS) is 37.4. The lowest BCUT2D eigenvalue weighted by molar-refractivity contribution is -0.156. The maximum Gasteiger partial charge on any atom is 0.310 e. The van der Waals surface area contributed by atoms with Crippen molar-refractivity contribution in [3.63, 3.8) is 0 Å². The Hall–Kier alpha value is -1.38. The summed E-state index contributed by atoms with van der Waals surface area (Å²) in [5, 5.41) is 42.4. The Morgan fingerprint density at radius 3 is 2.21 bits per heavy atom. The number of carbonyl (C=O) groups is 1. The second kappa shape index (κ2) is 8.64. The molecule has 1 heterocycles. The number of carboxylic acid groups (broad SMARTS) is 1. The number of aliphatic carboxylic acids is 1. The van der Waals surface area contributed by atoms with Gasteiger partial charge in [-0.3, -0.25) is 9.69 Å². The Morgan fingerprint density at radius 1 is 0.958 bits per heavy atom. The van der Waals surface area contributed by atoms with E-state index < -0.39 is 30.2 Å². The van der Waals surface area contributed by atoms with E-state index in [1.807, 2.05) is 4.90 Å². The third-order valence-electron chi connectivity index (χ3n) is 5.08. The molecule has 4 N–H and O–H groups in total. The van der Waals surface area contributed by atoms with Gasteiger partial charge in [-0.15, -0.1) is 0 Å². The first-order valence-electron chi connectivity index (χ1n) is 8.54. The molecule has 9 heteroatoms. The van der Waals surface area contributed by atoms with Gasteiger partial charge in [-0.05, 0) is 24.9 Å². The zero-order chi connectivity index (χ0) is 17.7. The minimum absolute atomic E-state index is 0.367. The van der Waals surface area contributed by atoms with Crippen LogP contribution in [0.2, 0.25) is 0 Å². The molecular formula is C15H26N4O5. The van der Waals surface area contributed by atoms with Crippen molar-refractivity contribution in [3.05, 3.63) is 10.4 Å². The van der Waals surface area contributed by atoms with Crippen molar-refractivity contribution in [2.75, 3.05) is 13.1 Å². The Balaban J connectivity index is 1.67. The highest BCUT2D eigenvalue weighted by molar-refractivity contribution is 5.73. The fraction of sp³-hybridized carbons (Fsp3) is 0.933. The molecule has 0 amide bonds. The molecule has 136 valence electrons. The van der Waals surface area contributed by atoms with Crippen LogP contribution >= 0.6 is 0 Å². The molecule has 0 aromatic heterocycles. The number of unbranched alkanes of at least 4 members (excludes halogenated alkanes) is 5. The number of hydrogen-bond acceptors (Lipinski definition) is 6. The highest BCUT2D eigenvalue weighted by Crippen LogP contribution is 2.44. The largest absolute Gasteiger partial charge is 0.481 e. The first-order valence-corrected chi connectivity index (χ1v) is 8.54. The van der Waals surface area contributed by atoms with Gasteiger partial charge in [0.1, 0.15) is 12.0 Å². The van der Waals surface area contributed by atoms with Crippen molar-refractivity contribution in [1.82, 2.24) is 4.90 Å². The van der Waals surface area contributed by atoms with Crippen LogP contribution in [0.4, 0.5) is 0 Å². The van der Waals surface area contributed by atoms with Gasteiger partial charge in [0.15, 0.2) is 0 Å². The lowest BCUT2D eigenvalue weighted by Gasteiger charge is -2.30. The van der Waals surface area contributed by atoms with Crippen molar-refractivity contribution in [2.45, 2.75) is 68.9 Å². The van der Waals surface area contributed by atoms with Crippen molar-refractivity contribution < 1.29 is 25.2 Å². The summed E-state index contributed by atoms with van der Waals surface area (Å²) in [5.74, 6) is -2.18. The van der Waals surface area contributed by atoms with Crippen LogP contribution < -0.4 is 0 Å². The number of aliphatic hydroxyl groups excluding tert-OH is 3. The maximum absolute atomic E-state index is 11.3. The van der Waals surface area contributed by atoms with Crippen LogP contribution in [-0.4, -0.2) is 74.8 Å². The molecule has 0 spiro atoms. The molecule has 1 saturated carbocycles. The average molecular weight is 342 g/mol. The van der Waals surface area contributed by atoms with Crippen molar-refractivity contribution in [2.24, 2.45) is 11.0 Å². The number of fused-ring (bicyclic) bond motifs is 1. The second-order valence-electron chi connectivity index (χ2n) is 6.63. The van der Waals surface area contributed by atoms with Crippen molar-refractivity contribution >= 4 is 5.97 Å². The topological polar surface area (TPSA) is 150 Å². The Morgan fingerprint density at radius 2 is 1.58 bits per heavy atom. The molecule has 0 radical (unpaired) electrons. The van der Waals surface area contributed by atoms with E-state index in [-0.39, 0.29) is 12.1 Å².